The topological polar surface area (TPSA) is 48.4 Å². The molecule has 1 unspecified atom stereocenters. The molecule has 0 N–H and O–H groups in total. The molecule has 4 nitrogen and oxygen atoms in total. The normalized spacial score (nSPS) is 25.8. The Hall–Kier alpha value is -1.84. The van der Waals surface area contributed by atoms with Gasteiger partial charge in [-0.15, -0.1) is 0 Å². The number of aromatic nitrogens is 1. The van der Waals surface area contributed by atoms with Gasteiger partial charge in [0.05, 0.1) is 0 Å². The second-order valence-corrected chi connectivity index (χ2v) is 3.15. The molecular weight excluding hydrogens is 182 g/mol. The lowest BCUT2D eigenvalue weighted by Gasteiger charge is -2.19. The second-order valence-electron chi connectivity index (χ2n) is 3.15. The van der Waals surface area contributed by atoms with Crippen LogP contribution in [0.1, 0.15) is 12.5 Å². The minimum Gasteiger partial charge on any atom is -0.414 e. The predicted molar refractivity (Wildman–Crippen MR) is 48.3 cm³/mol. The Bertz CT molecular complexity index is 388. The van der Waals surface area contributed by atoms with E-state index in [4.69, 9.17) is 9.47 Å². The summed E-state index contributed by atoms with van der Waals surface area (Å²) in [6, 6.07) is 3.57. The smallest absolute Gasteiger partial charge is 0.414 e. The van der Waals surface area contributed by atoms with E-state index in [0.717, 1.165) is 5.56 Å². The number of rotatable bonds is 1. The zero-order valence-electron chi connectivity index (χ0n) is 7.69. The van der Waals surface area contributed by atoms with Gasteiger partial charge in [-0.1, -0.05) is 12.6 Å². The number of carbonyl (C=O) groups excluding carboxylic acids is 1. The summed E-state index contributed by atoms with van der Waals surface area (Å²) in [6.07, 6.45) is 2.54. The number of nitrogens with zero attached hydrogens (tertiary/aromatic N) is 1. The number of ether oxygens (including phenoxy) is 2. The van der Waals surface area contributed by atoms with Crippen LogP contribution in [-0.2, 0) is 15.1 Å². The van der Waals surface area contributed by atoms with E-state index >= 15 is 0 Å². The van der Waals surface area contributed by atoms with Crippen molar-refractivity contribution in [2.24, 2.45) is 0 Å². The van der Waals surface area contributed by atoms with Gasteiger partial charge in [-0.2, -0.15) is 0 Å². The molecule has 0 bridgehead atoms. The van der Waals surface area contributed by atoms with Crippen molar-refractivity contribution in [3.8, 4) is 0 Å². The maximum atomic E-state index is 10.9. The van der Waals surface area contributed by atoms with Crippen molar-refractivity contribution in [1.29, 1.82) is 0 Å². The highest BCUT2D eigenvalue weighted by Gasteiger charge is 2.44. The maximum Gasteiger partial charge on any atom is 0.515 e. The van der Waals surface area contributed by atoms with Crippen molar-refractivity contribution in [1.82, 2.24) is 4.98 Å². The van der Waals surface area contributed by atoms with Crippen molar-refractivity contribution < 1.29 is 14.3 Å². The van der Waals surface area contributed by atoms with Gasteiger partial charge in [-0.3, -0.25) is 4.98 Å². The van der Waals surface area contributed by atoms with Crippen molar-refractivity contribution in [3.05, 3.63) is 42.4 Å². The first-order chi connectivity index (χ1) is 6.63. The van der Waals surface area contributed by atoms with Crippen LogP contribution in [0.3, 0.4) is 0 Å². The molecule has 14 heavy (non-hydrogen) atoms. The molecule has 1 atom stereocenters. The molecule has 1 aliphatic rings. The van der Waals surface area contributed by atoms with E-state index in [2.05, 4.69) is 11.6 Å². The first-order valence-electron chi connectivity index (χ1n) is 4.13. The number of carbonyl (C=O) groups is 1. The Kier molecular flexibility index (Phi) is 1.77. The molecule has 1 saturated heterocycles. The zero-order valence-corrected chi connectivity index (χ0v) is 7.69. The predicted octanol–water partition coefficient (Wildman–Crippen LogP) is 1.98. The molecule has 0 spiro atoms. The third-order valence-corrected chi connectivity index (χ3v) is 2.24. The largest absolute Gasteiger partial charge is 0.515 e. The average molecular weight is 191 g/mol. The summed E-state index contributed by atoms with van der Waals surface area (Å²) in [5, 5.41) is 0. The summed E-state index contributed by atoms with van der Waals surface area (Å²) in [4.78, 5) is 14.9. The van der Waals surface area contributed by atoms with Crippen LogP contribution in [0, 0.1) is 0 Å². The van der Waals surface area contributed by atoms with E-state index in [1.807, 2.05) is 0 Å². The van der Waals surface area contributed by atoms with Crippen LogP contribution in [0.25, 0.3) is 0 Å². The van der Waals surface area contributed by atoms with E-state index in [0.29, 0.717) is 0 Å². The Morgan fingerprint density at radius 3 is 2.86 bits per heavy atom. The molecule has 1 aliphatic heterocycles. The van der Waals surface area contributed by atoms with Crippen molar-refractivity contribution >= 4 is 6.16 Å². The molecule has 0 aromatic carbocycles. The van der Waals surface area contributed by atoms with Crippen LogP contribution in [-0.4, -0.2) is 11.1 Å². The zero-order chi connectivity index (χ0) is 10.2. The highest BCUT2D eigenvalue weighted by atomic mass is 16.8. The monoisotopic (exact) mass is 191 g/mol. The summed E-state index contributed by atoms with van der Waals surface area (Å²) < 4.78 is 9.79. The Labute approximate surface area is 81.2 Å². The number of hydrogen-bond acceptors (Lipinski definition) is 4. The minimum absolute atomic E-state index is 0.288. The summed E-state index contributed by atoms with van der Waals surface area (Å²) in [5.41, 5.74) is -0.165. The molecule has 0 saturated carbocycles. The van der Waals surface area contributed by atoms with E-state index in [9.17, 15) is 4.79 Å². The van der Waals surface area contributed by atoms with Gasteiger partial charge in [0.15, 0.2) is 11.4 Å². The highest BCUT2D eigenvalue weighted by molar-refractivity contribution is 5.66. The molecule has 0 aliphatic carbocycles. The van der Waals surface area contributed by atoms with Gasteiger partial charge in [-0.05, 0) is 13.0 Å². The lowest BCUT2D eigenvalue weighted by Crippen LogP contribution is -2.22. The van der Waals surface area contributed by atoms with Crippen molar-refractivity contribution in [3.63, 3.8) is 0 Å². The molecule has 0 radical (unpaired) electrons. The SMILES string of the molecule is C=C1OC(=O)OC1(C)c1cccnc1. The molecule has 1 aromatic rings. The quantitative estimate of drug-likeness (QED) is 0.637. The average Bonchev–Trinajstić information content (AvgIpc) is 2.43. The summed E-state index contributed by atoms with van der Waals surface area (Å²) >= 11 is 0. The van der Waals surface area contributed by atoms with Gasteiger partial charge in [0.25, 0.3) is 0 Å². The Balaban J connectivity index is 2.43. The molecular formula is C10H9NO3. The van der Waals surface area contributed by atoms with Gasteiger partial charge in [-0.25, -0.2) is 4.79 Å². The third kappa shape index (κ3) is 1.16. The maximum absolute atomic E-state index is 10.9. The van der Waals surface area contributed by atoms with Crippen LogP contribution in [0.2, 0.25) is 0 Å². The van der Waals surface area contributed by atoms with Gasteiger partial charge in [0.1, 0.15) is 0 Å². The molecule has 1 aromatic heterocycles. The highest BCUT2D eigenvalue weighted by Crippen LogP contribution is 2.38. The number of cyclic esters (lactones) is 2. The van der Waals surface area contributed by atoms with E-state index < -0.39 is 11.8 Å². The van der Waals surface area contributed by atoms with Crippen molar-refractivity contribution in [2.75, 3.05) is 0 Å². The van der Waals surface area contributed by atoms with E-state index in [1.54, 1.807) is 31.5 Å². The van der Waals surface area contributed by atoms with Gasteiger partial charge >= 0.3 is 6.16 Å². The third-order valence-electron chi connectivity index (χ3n) is 2.24. The van der Waals surface area contributed by atoms with Crippen LogP contribution >= 0.6 is 0 Å². The van der Waals surface area contributed by atoms with Gasteiger partial charge in [0.2, 0.25) is 0 Å². The fourth-order valence-corrected chi connectivity index (χ4v) is 1.31. The van der Waals surface area contributed by atoms with Crippen LogP contribution in [0.5, 0.6) is 0 Å². The van der Waals surface area contributed by atoms with E-state index in [1.165, 1.54) is 0 Å². The van der Waals surface area contributed by atoms with E-state index in [-0.39, 0.29) is 5.76 Å². The standard InChI is InChI=1S/C10H9NO3/c1-7-10(2,14-9(12)13-7)8-4-3-5-11-6-8/h3-6H,1H2,2H3. The molecule has 2 rings (SSSR count). The number of pyridine rings is 1. The Morgan fingerprint density at radius 1 is 1.57 bits per heavy atom. The molecule has 4 heteroatoms. The minimum atomic E-state index is -0.911. The lowest BCUT2D eigenvalue weighted by molar-refractivity contribution is 0.0754. The first kappa shape index (κ1) is 8.74. The summed E-state index contributed by atoms with van der Waals surface area (Å²) in [7, 11) is 0. The fourth-order valence-electron chi connectivity index (χ4n) is 1.31. The van der Waals surface area contributed by atoms with Crippen molar-refractivity contribution in [2.45, 2.75) is 12.5 Å². The van der Waals surface area contributed by atoms with Gasteiger partial charge < -0.3 is 9.47 Å². The second kappa shape index (κ2) is 2.83. The van der Waals surface area contributed by atoms with Crippen LogP contribution in [0.15, 0.2) is 36.9 Å². The molecule has 1 fully saturated rings. The lowest BCUT2D eigenvalue weighted by atomic mass is 9.96. The summed E-state index contributed by atoms with van der Waals surface area (Å²) in [6.45, 7) is 5.36. The molecule has 0 amide bonds. The molecule has 72 valence electrons. The molecule has 2 heterocycles. The fraction of sp³-hybridized carbons (Fsp3) is 0.200. The Morgan fingerprint density at radius 2 is 2.36 bits per heavy atom. The summed E-state index contributed by atoms with van der Waals surface area (Å²) in [5.74, 6) is 0.288. The van der Waals surface area contributed by atoms with Gasteiger partial charge in [0, 0.05) is 18.0 Å². The van der Waals surface area contributed by atoms with Crippen LogP contribution < -0.4 is 0 Å². The number of hydrogen-bond donors (Lipinski definition) is 0. The first-order valence-corrected chi connectivity index (χ1v) is 4.13. The van der Waals surface area contributed by atoms with Crippen LogP contribution in [0.4, 0.5) is 4.79 Å².